The normalized spacial score (nSPS) is 9.83. The highest BCUT2D eigenvalue weighted by molar-refractivity contribution is 5.83. The second kappa shape index (κ2) is 2.81. The van der Waals surface area contributed by atoms with E-state index in [4.69, 9.17) is 5.11 Å². The van der Waals surface area contributed by atoms with Crippen molar-refractivity contribution >= 4 is 12.4 Å². The Balaban J connectivity index is 3.42. The van der Waals surface area contributed by atoms with Crippen LogP contribution in [-0.4, -0.2) is 22.1 Å². The van der Waals surface area contributed by atoms with Crippen LogP contribution in [-0.2, 0) is 0 Å². The number of nitrogens with zero attached hydrogens (tertiary/aromatic N) is 1. The Morgan fingerprint density at radius 3 is 2.50 bits per heavy atom. The van der Waals surface area contributed by atoms with E-state index < -0.39 is 6.09 Å². The first-order valence-corrected chi connectivity index (χ1v) is 3.45. The molecule has 4 heteroatoms. The number of carboxylic acid groups (broad SMARTS) is 1. The molecule has 4 nitrogen and oxygen atoms in total. The van der Waals surface area contributed by atoms with E-state index in [0.717, 1.165) is 4.57 Å². The van der Waals surface area contributed by atoms with E-state index in [-0.39, 0.29) is 5.69 Å². The van der Waals surface area contributed by atoms with Gasteiger partial charge < -0.3 is 5.11 Å². The van der Waals surface area contributed by atoms with E-state index in [1.807, 2.05) is 0 Å². The third-order valence-corrected chi connectivity index (χ3v) is 1.73. The number of carbonyl (C=O) groups excluding carboxylic acids is 1. The molecule has 0 saturated carbocycles. The third-order valence-electron chi connectivity index (χ3n) is 1.73. The lowest BCUT2D eigenvalue weighted by atomic mass is 10.3. The summed E-state index contributed by atoms with van der Waals surface area (Å²) < 4.78 is 0.975. The SMILES string of the molecule is Cc1cc(C)n(C(=O)O)c1C=O. The predicted molar refractivity (Wildman–Crippen MR) is 42.7 cm³/mol. The molecule has 0 unspecified atom stereocenters. The van der Waals surface area contributed by atoms with Crippen LogP contribution < -0.4 is 0 Å². The maximum atomic E-state index is 10.6. The maximum absolute atomic E-state index is 10.6. The number of aldehydes is 1. The molecule has 12 heavy (non-hydrogen) atoms. The number of hydrogen-bond acceptors (Lipinski definition) is 2. The summed E-state index contributed by atoms with van der Waals surface area (Å²) in [6, 6.07) is 1.66. The average Bonchev–Trinajstić information content (AvgIpc) is 2.24. The molecule has 1 rings (SSSR count). The predicted octanol–water partition coefficient (Wildman–Crippen LogP) is 1.44. The molecule has 0 aliphatic rings. The van der Waals surface area contributed by atoms with Crippen LogP contribution in [0.1, 0.15) is 21.7 Å². The van der Waals surface area contributed by atoms with Crippen LogP contribution in [0.4, 0.5) is 4.79 Å². The van der Waals surface area contributed by atoms with Gasteiger partial charge in [0.05, 0.1) is 5.69 Å². The quantitative estimate of drug-likeness (QED) is 0.644. The summed E-state index contributed by atoms with van der Waals surface area (Å²) in [7, 11) is 0. The molecule has 1 N–H and O–H groups in total. The highest BCUT2D eigenvalue weighted by Gasteiger charge is 2.13. The third kappa shape index (κ3) is 1.11. The summed E-state index contributed by atoms with van der Waals surface area (Å²) in [6.07, 6.45) is -0.570. The van der Waals surface area contributed by atoms with Crippen molar-refractivity contribution in [2.75, 3.05) is 0 Å². The lowest BCUT2D eigenvalue weighted by Gasteiger charge is -1.99. The summed E-state index contributed by atoms with van der Waals surface area (Å²) in [5.74, 6) is 0. The van der Waals surface area contributed by atoms with Gasteiger partial charge in [0.25, 0.3) is 0 Å². The maximum Gasteiger partial charge on any atom is 0.416 e. The van der Waals surface area contributed by atoms with Crippen molar-refractivity contribution in [1.29, 1.82) is 0 Å². The molecule has 1 aromatic rings. The highest BCUT2D eigenvalue weighted by Crippen LogP contribution is 2.11. The van der Waals surface area contributed by atoms with Crippen LogP contribution in [0.2, 0.25) is 0 Å². The summed E-state index contributed by atoms with van der Waals surface area (Å²) in [6.45, 7) is 3.35. The summed E-state index contributed by atoms with van der Waals surface area (Å²) in [4.78, 5) is 21.1. The van der Waals surface area contributed by atoms with Crippen molar-refractivity contribution in [1.82, 2.24) is 4.57 Å². The monoisotopic (exact) mass is 167 g/mol. The van der Waals surface area contributed by atoms with E-state index in [2.05, 4.69) is 0 Å². The second-order valence-corrected chi connectivity index (χ2v) is 2.59. The van der Waals surface area contributed by atoms with Gasteiger partial charge in [-0.2, -0.15) is 0 Å². The van der Waals surface area contributed by atoms with Crippen LogP contribution in [0.15, 0.2) is 6.07 Å². The van der Waals surface area contributed by atoms with Gasteiger partial charge in [-0.25, -0.2) is 9.36 Å². The Kier molecular flexibility index (Phi) is 1.99. The average molecular weight is 167 g/mol. The van der Waals surface area contributed by atoms with Gasteiger partial charge in [-0.05, 0) is 25.5 Å². The number of carbonyl (C=O) groups is 2. The molecule has 64 valence electrons. The first-order valence-electron chi connectivity index (χ1n) is 3.45. The van der Waals surface area contributed by atoms with Gasteiger partial charge in [0, 0.05) is 5.69 Å². The Hall–Kier alpha value is -1.58. The fraction of sp³-hybridized carbons (Fsp3) is 0.250. The Morgan fingerprint density at radius 2 is 2.17 bits per heavy atom. The molecule has 0 fully saturated rings. The molecular formula is C8H9NO3. The van der Waals surface area contributed by atoms with Crippen molar-refractivity contribution in [2.45, 2.75) is 13.8 Å². The lowest BCUT2D eigenvalue weighted by Crippen LogP contribution is -2.12. The largest absolute Gasteiger partial charge is 0.464 e. The molecule has 0 amide bonds. The number of aromatic nitrogens is 1. The molecule has 0 spiro atoms. The molecule has 0 radical (unpaired) electrons. The molecule has 0 aromatic carbocycles. The second-order valence-electron chi connectivity index (χ2n) is 2.59. The van der Waals surface area contributed by atoms with Crippen molar-refractivity contribution in [3.8, 4) is 0 Å². The molecular weight excluding hydrogens is 158 g/mol. The lowest BCUT2D eigenvalue weighted by molar-refractivity contribution is 0.111. The Labute approximate surface area is 69.4 Å². The minimum atomic E-state index is -1.12. The van der Waals surface area contributed by atoms with Crippen LogP contribution in [0, 0.1) is 13.8 Å². The van der Waals surface area contributed by atoms with E-state index >= 15 is 0 Å². The van der Waals surface area contributed by atoms with Gasteiger partial charge in [0.2, 0.25) is 0 Å². The molecule has 1 heterocycles. The van der Waals surface area contributed by atoms with Gasteiger partial charge in [0.15, 0.2) is 6.29 Å². The molecule has 1 aromatic heterocycles. The molecule has 0 saturated heterocycles. The summed E-state index contributed by atoms with van der Waals surface area (Å²) >= 11 is 0. The van der Waals surface area contributed by atoms with Gasteiger partial charge in [-0.15, -0.1) is 0 Å². The first-order chi connectivity index (χ1) is 5.57. The molecule has 0 atom stereocenters. The van der Waals surface area contributed by atoms with Gasteiger partial charge >= 0.3 is 6.09 Å². The number of hydrogen-bond donors (Lipinski definition) is 1. The highest BCUT2D eigenvalue weighted by atomic mass is 16.4. The van der Waals surface area contributed by atoms with Crippen LogP contribution >= 0.6 is 0 Å². The fourth-order valence-electron chi connectivity index (χ4n) is 1.22. The number of rotatable bonds is 1. The van der Waals surface area contributed by atoms with Gasteiger partial charge in [0.1, 0.15) is 0 Å². The summed E-state index contributed by atoms with van der Waals surface area (Å²) in [5, 5.41) is 8.70. The van der Waals surface area contributed by atoms with Crippen LogP contribution in [0.25, 0.3) is 0 Å². The molecule has 0 aliphatic carbocycles. The van der Waals surface area contributed by atoms with Gasteiger partial charge in [-0.1, -0.05) is 0 Å². The minimum absolute atomic E-state index is 0.208. The van der Waals surface area contributed by atoms with Crippen LogP contribution in [0.5, 0.6) is 0 Å². The number of aryl methyl sites for hydroxylation is 2. The van der Waals surface area contributed by atoms with Crippen molar-refractivity contribution in [3.05, 3.63) is 23.0 Å². The standard InChI is InChI=1S/C8H9NO3/c1-5-3-6(2)9(8(11)12)7(5)4-10/h3-4H,1-2H3,(H,11,12). The molecule has 0 aliphatic heterocycles. The van der Waals surface area contributed by atoms with Crippen LogP contribution in [0.3, 0.4) is 0 Å². The van der Waals surface area contributed by atoms with E-state index in [1.54, 1.807) is 19.9 Å². The minimum Gasteiger partial charge on any atom is -0.464 e. The molecule has 0 bridgehead atoms. The van der Waals surface area contributed by atoms with Crippen molar-refractivity contribution < 1.29 is 14.7 Å². The fourth-order valence-corrected chi connectivity index (χ4v) is 1.22. The van der Waals surface area contributed by atoms with E-state index in [0.29, 0.717) is 17.5 Å². The van der Waals surface area contributed by atoms with E-state index in [1.165, 1.54) is 0 Å². The van der Waals surface area contributed by atoms with E-state index in [9.17, 15) is 9.59 Å². The Morgan fingerprint density at radius 1 is 1.58 bits per heavy atom. The zero-order valence-electron chi connectivity index (χ0n) is 6.87. The summed E-state index contributed by atoms with van der Waals surface area (Å²) in [5.41, 5.74) is 1.45. The van der Waals surface area contributed by atoms with Gasteiger partial charge in [-0.3, -0.25) is 4.79 Å². The zero-order chi connectivity index (χ0) is 9.30. The van der Waals surface area contributed by atoms with Crippen molar-refractivity contribution in [3.63, 3.8) is 0 Å². The first kappa shape index (κ1) is 8.52. The topological polar surface area (TPSA) is 59.3 Å². The smallest absolute Gasteiger partial charge is 0.416 e. The zero-order valence-corrected chi connectivity index (χ0v) is 6.87. The Bertz CT molecular complexity index is 338. The van der Waals surface area contributed by atoms with Crippen molar-refractivity contribution in [2.24, 2.45) is 0 Å².